The number of benzene rings is 3. The molecule has 5 aromatic rings. The normalized spacial score (nSPS) is 11.5. The maximum absolute atomic E-state index is 13.4. The van der Waals surface area contributed by atoms with E-state index in [0.29, 0.717) is 50.6 Å². The van der Waals surface area contributed by atoms with Gasteiger partial charge in [-0.05, 0) is 79.2 Å². The van der Waals surface area contributed by atoms with Gasteiger partial charge in [-0.2, -0.15) is 0 Å². The van der Waals surface area contributed by atoms with Crippen LogP contribution in [0.15, 0.2) is 83.5 Å². The Morgan fingerprint density at radius 1 is 1.10 bits per heavy atom. The van der Waals surface area contributed by atoms with Gasteiger partial charge < -0.3 is 19.8 Å². The van der Waals surface area contributed by atoms with Crippen molar-refractivity contribution in [3.05, 3.63) is 101 Å². The zero-order valence-corrected chi connectivity index (χ0v) is 23.1. The van der Waals surface area contributed by atoms with Gasteiger partial charge in [-0.3, -0.25) is 0 Å². The van der Waals surface area contributed by atoms with Crippen LogP contribution in [0.4, 0.5) is 15.9 Å². The molecule has 0 saturated heterocycles. The highest BCUT2D eigenvalue weighted by molar-refractivity contribution is 7.64. The van der Waals surface area contributed by atoms with Crippen LogP contribution >= 0.6 is 11.6 Å². The summed E-state index contributed by atoms with van der Waals surface area (Å²) in [7, 11) is 0. The molecule has 0 fully saturated rings. The third-order valence-electron chi connectivity index (χ3n) is 6.14. The second-order valence-electron chi connectivity index (χ2n) is 9.01. The molecule has 2 aromatic heterocycles. The molecule has 0 spiro atoms. The minimum absolute atomic E-state index is 0. The van der Waals surface area contributed by atoms with Gasteiger partial charge in [-0.25, -0.2) is 18.6 Å². The first-order chi connectivity index (χ1) is 19.5. The first-order valence-electron chi connectivity index (χ1n) is 12.7. The van der Waals surface area contributed by atoms with Crippen molar-refractivity contribution in [1.29, 1.82) is 0 Å². The summed E-state index contributed by atoms with van der Waals surface area (Å²) in [4.78, 5) is 8.84. The largest absolute Gasteiger partial charge is 0.487 e. The van der Waals surface area contributed by atoms with Crippen LogP contribution in [-0.2, 0) is 17.9 Å². The van der Waals surface area contributed by atoms with Gasteiger partial charge >= 0.3 is 0 Å². The number of nitrogens with one attached hydrogen (secondary N) is 2. The smallest absolute Gasteiger partial charge is 0.141 e. The molecule has 0 bridgehead atoms. The van der Waals surface area contributed by atoms with E-state index in [1.54, 1.807) is 29.6 Å². The Morgan fingerprint density at radius 2 is 1.98 bits per heavy atom. The fourth-order valence-electron chi connectivity index (χ4n) is 4.18. The molecule has 41 heavy (non-hydrogen) atoms. The molecule has 2 heterocycles. The Balaban J connectivity index is 0.00000387. The van der Waals surface area contributed by atoms with Crippen LogP contribution in [-0.4, -0.2) is 26.1 Å². The van der Waals surface area contributed by atoms with Crippen molar-refractivity contribution in [2.24, 2.45) is 0 Å². The molecule has 0 radical (unpaired) electrons. The number of hydrogen-bond donors (Lipinski definition) is 2. The van der Waals surface area contributed by atoms with E-state index in [1.807, 2.05) is 36.4 Å². The third-order valence-corrected chi connectivity index (χ3v) is 6.82. The fraction of sp³-hybridized carbons (Fsp3) is 0.194. The molecule has 1 unspecified atom stereocenters. The Kier molecular flexibility index (Phi) is 10.2. The van der Waals surface area contributed by atoms with Crippen molar-refractivity contribution in [3.63, 3.8) is 0 Å². The number of rotatable bonds is 11. The summed E-state index contributed by atoms with van der Waals surface area (Å²) in [6.07, 6.45) is 2.44. The van der Waals surface area contributed by atoms with Crippen molar-refractivity contribution in [3.8, 4) is 17.1 Å². The highest BCUT2D eigenvalue weighted by Gasteiger charge is 2.15. The van der Waals surface area contributed by atoms with Crippen LogP contribution < -0.4 is 15.4 Å². The average Bonchev–Trinajstić information content (AvgIpc) is 3.45. The molecule has 0 amide bonds. The number of hydrogen-bond acceptors (Lipinski definition) is 7. The predicted octanol–water partition coefficient (Wildman–Crippen LogP) is 7.70. The number of furan rings is 1. The Morgan fingerprint density at radius 3 is 2.76 bits per heavy atom. The zero-order valence-electron chi connectivity index (χ0n) is 21.6. The van der Waals surface area contributed by atoms with E-state index < -0.39 is 0 Å². The van der Waals surface area contributed by atoms with Gasteiger partial charge in [-0.1, -0.05) is 38.1 Å². The van der Waals surface area contributed by atoms with Crippen LogP contribution in [0, 0.1) is 5.82 Å². The van der Waals surface area contributed by atoms with E-state index in [2.05, 4.69) is 27.5 Å². The zero-order chi connectivity index (χ0) is 27.9. The monoisotopic (exact) mass is 592 g/mol. The van der Waals surface area contributed by atoms with Gasteiger partial charge in [0.25, 0.3) is 0 Å². The molecule has 5 rings (SSSR count). The van der Waals surface area contributed by atoms with Crippen LogP contribution in [0.2, 0.25) is 5.02 Å². The molecular formula is C31H30ClFN4O3S. The summed E-state index contributed by atoms with van der Waals surface area (Å²) in [5.41, 5.74) is 3.03. The topological polar surface area (TPSA) is 89.3 Å². The van der Waals surface area contributed by atoms with E-state index >= 15 is 0 Å². The van der Waals surface area contributed by atoms with E-state index in [-0.39, 0.29) is 25.9 Å². The van der Waals surface area contributed by atoms with Gasteiger partial charge in [-0.15, -0.1) is 0 Å². The molecule has 1 atom stereocenters. The minimum Gasteiger partial charge on any atom is -0.487 e. The number of halogens is 2. The number of fused-ring (bicyclic) bond motifs is 1. The van der Waals surface area contributed by atoms with E-state index in [1.165, 1.54) is 18.5 Å². The summed E-state index contributed by atoms with van der Waals surface area (Å²) in [5.74, 6) is 2.11. The molecule has 2 N–H and O–H groups in total. The Bertz CT molecular complexity index is 1690. The SMILES string of the molecule is C.CCCNC(C=S=O)c1ccc(-c2ccc3ncnc(Nc4ccc(OCc5cccc(F)c5)c(Cl)c4)c3c2)o1. The molecule has 0 saturated carbocycles. The number of nitrogens with zero attached hydrogens (tertiary/aromatic N) is 2. The van der Waals surface area contributed by atoms with Gasteiger partial charge in [0.05, 0.1) is 27.8 Å². The summed E-state index contributed by atoms with van der Waals surface area (Å²) < 4.78 is 36.5. The lowest BCUT2D eigenvalue weighted by atomic mass is 10.1. The molecule has 7 nitrogen and oxygen atoms in total. The van der Waals surface area contributed by atoms with E-state index in [9.17, 15) is 8.60 Å². The summed E-state index contributed by atoms with van der Waals surface area (Å²) in [6, 6.07) is 20.9. The molecule has 3 aromatic carbocycles. The quantitative estimate of drug-likeness (QED) is 0.152. The number of aromatic nitrogens is 2. The van der Waals surface area contributed by atoms with Crippen molar-refractivity contribution >= 4 is 50.6 Å². The fourth-order valence-corrected chi connectivity index (χ4v) is 4.75. The number of ether oxygens (including phenoxy) is 1. The molecule has 0 aliphatic rings. The lowest BCUT2D eigenvalue weighted by molar-refractivity contribution is 0.306. The first kappa shape index (κ1) is 29.9. The highest BCUT2D eigenvalue weighted by atomic mass is 35.5. The maximum atomic E-state index is 13.4. The Labute approximate surface area is 246 Å². The van der Waals surface area contributed by atoms with Crippen LogP contribution in [0.5, 0.6) is 5.75 Å². The maximum Gasteiger partial charge on any atom is 0.141 e. The second kappa shape index (κ2) is 14.0. The van der Waals surface area contributed by atoms with Crippen molar-refractivity contribution in [2.75, 3.05) is 11.9 Å². The van der Waals surface area contributed by atoms with Gasteiger partial charge in [0.15, 0.2) is 0 Å². The summed E-state index contributed by atoms with van der Waals surface area (Å²) >= 11 is 6.90. The van der Waals surface area contributed by atoms with Gasteiger partial charge in [0.2, 0.25) is 0 Å². The van der Waals surface area contributed by atoms with Gasteiger partial charge in [0, 0.05) is 22.0 Å². The lowest BCUT2D eigenvalue weighted by Crippen LogP contribution is -2.22. The standard InChI is InChI=1S/C30H26ClFN4O3S.CH4/c1-2-12-33-26(17-40-37)29-11-10-27(39-29)20-6-8-25-23(14-20)30(35-18-34-25)36-22-7-9-28(24(31)15-22)38-16-19-4-3-5-21(32)13-19;/h3-11,13-15,17-18,26,33H,2,12,16H2,1H3,(H,34,35,36);1H4. The summed E-state index contributed by atoms with van der Waals surface area (Å²) in [5, 5.41) is 9.40. The van der Waals surface area contributed by atoms with E-state index in [4.69, 9.17) is 20.8 Å². The van der Waals surface area contributed by atoms with Gasteiger partial charge in [0.1, 0.15) is 41.8 Å². The van der Waals surface area contributed by atoms with Crippen LogP contribution in [0.1, 0.15) is 38.1 Å². The third kappa shape index (κ3) is 7.38. The molecule has 212 valence electrons. The first-order valence-corrected chi connectivity index (χ1v) is 13.9. The molecular weight excluding hydrogens is 563 g/mol. The number of anilines is 2. The summed E-state index contributed by atoms with van der Waals surface area (Å²) in [6.45, 7) is 3.03. The average molecular weight is 593 g/mol. The predicted molar refractivity (Wildman–Crippen MR) is 165 cm³/mol. The van der Waals surface area contributed by atoms with Crippen molar-refractivity contribution < 1.29 is 17.8 Å². The second-order valence-corrected chi connectivity index (χ2v) is 9.88. The minimum atomic E-state index is -0.315. The van der Waals surface area contributed by atoms with Crippen LogP contribution in [0.3, 0.4) is 0 Å². The molecule has 0 aliphatic carbocycles. The molecule has 10 heteroatoms. The van der Waals surface area contributed by atoms with Crippen molar-refractivity contribution in [1.82, 2.24) is 15.3 Å². The van der Waals surface area contributed by atoms with E-state index in [0.717, 1.165) is 29.4 Å². The Hall–Kier alpha value is -4.05. The highest BCUT2D eigenvalue weighted by Crippen LogP contribution is 2.33. The van der Waals surface area contributed by atoms with Crippen LogP contribution in [0.25, 0.3) is 22.2 Å². The molecule has 0 aliphatic heterocycles. The van der Waals surface area contributed by atoms with Crippen molar-refractivity contribution in [2.45, 2.75) is 33.4 Å². The lowest BCUT2D eigenvalue weighted by Gasteiger charge is -2.12.